The first-order chi connectivity index (χ1) is 8.64. The third-order valence-electron chi connectivity index (χ3n) is 1.87. The molecule has 0 heterocycles. The molecule has 3 N–H and O–H groups in total. The van der Waals surface area contributed by atoms with Gasteiger partial charge in [0.2, 0.25) is 0 Å². The molecule has 19 heavy (non-hydrogen) atoms. The molecule has 0 aromatic heterocycles. The summed E-state index contributed by atoms with van der Waals surface area (Å²) in [5.41, 5.74) is 3.69. The van der Waals surface area contributed by atoms with Gasteiger partial charge in [-0.25, -0.2) is 19.0 Å². The highest BCUT2D eigenvalue weighted by Gasteiger charge is 2.37. The van der Waals surface area contributed by atoms with Gasteiger partial charge in [0, 0.05) is 0 Å². The summed E-state index contributed by atoms with van der Waals surface area (Å²) in [6.45, 7) is 0. The Bertz CT molecular complexity index is 544. The van der Waals surface area contributed by atoms with Gasteiger partial charge in [0.25, 0.3) is 0 Å². The van der Waals surface area contributed by atoms with Gasteiger partial charge in [0.15, 0.2) is 11.6 Å². The maximum atomic E-state index is 13.4. The van der Waals surface area contributed by atoms with Crippen LogP contribution in [0, 0.1) is 11.6 Å². The fourth-order valence-electron chi connectivity index (χ4n) is 1.09. The van der Waals surface area contributed by atoms with Crippen LogP contribution < -0.4 is 11.2 Å². The molecule has 0 aliphatic rings. The summed E-state index contributed by atoms with van der Waals surface area (Å²) < 4.78 is 63.6. The molecule has 0 spiro atoms. The minimum absolute atomic E-state index is 0.214. The van der Waals surface area contributed by atoms with Crippen molar-refractivity contribution in [3.8, 4) is 0 Å². The first-order valence-electron chi connectivity index (χ1n) is 4.47. The molecule has 10 heteroatoms. The maximum absolute atomic E-state index is 13.4. The molecule has 0 aliphatic carbocycles. The summed E-state index contributed by atoms with van der Waals surface area (Å²) in [6, 6.07) is -0.883. The molecular formula is C9H5ClF5N3O. The highest BCUT2D eigenvalue weighted by molar-refractivity contribution is 6.33. The topological polar surface area (TPSA) is 67.5 Å². The van der Waals surface area contributed by atoms with E-state index in [1.54, 1.807) is 5.43 Å². The molecule has 1 rings (SSSR count). The lowest BCUT2D eigenvalue weighted by molar-refractivity contribution is -0.140. The zero-order chi connectivity index (χ0) is 14.8. The van der Waals surface area contributed by atoms with Gasteiger partial charge in [-0.3, -0.25) is 0 Å². The average Bonchev–Trinajstić information content (AvgIpc) is 2.26. The number of halogens is 6. The van der Waals surface area contributed by atoms with Crippen LogP contribution in [0.1, 0.15) is 11.1 Å². The van der Waals surface area contributed by atoms with E-state index in [4.69, 9.17) is 11.6 Å². The molecule has 0 radical (unpaired) electrons. The lowest BCUT2D eigenvalue weighted by Gasteiger charge is -2.10. The van der Waals surface area contributed by atoms with Crippen LogP contribution in [0.2, 0.25) is 5.02 Å². The second-order valence-corrected chi connectivity index (χ2v) is 3.59. The number of rotatable bonds is 2. The Morgan fingerprint density at radius 3 is 2.42 bits per heavy atom. The summed E-state index contributed by atoms with van der Waals surface area (Å²) in [5.74, 6) is -3.95. The molecule has 1 aromatic rings. The molecule has 0 unspecified atom stereocenters. The fraction of sp³-hybridized carbons (Fsp3) is 0.111. The minimum Gasteiger partial charge on any atom is -0.350 e. The second-order valence-electron chi connectivity index (χ2n) is 3.18. The van der Waals surface area contributed by atoms with Crippen molar-refractivity contribution < 1.29 is 26.7 Å². The van der Waals surface area contributed by atoms with Crippen molar-refractivity contribution in [1.82, 2.24) is 5.43 Å². The quantitative estimate of drug-likeness (QED) is 0.375. The van der Waals surface area contributed by atoms with Crippen LogP contribution in [0.4, 0.5) is 26.7 Å². The van der Waals surface area contributed by atoms with Crippen LogP contribution in [-0.2, 0) is 6.18 Å². The van der Waals surface area contributed by atoms with Crippen molar-refractivity contribution in [3.05, 3.63) is 33.9 Å². The van der Waals surface area contributed by atoms with Crippen LogP contribution in [0.25, 0.3) is 0 Å². The third-order valence-corrected chi connectivity index (χ3v) is 2.18. The normalized spacial score (nSPS) is 11.9. The number of primary amides is 1. The number of hydrazone groups is 1. The summed E-state index contributed by atoms with van der Waals surface area (Å²) in [5, 5.41) is 2.35. The molecule has 0 aliphatic heterocycles. The van der Waals surface area contributed by atoms with Crippen molar-refractivity contribution in [2.45, 2.75) is 6.18 Å². The van der Waals surface area contributed by atoms with Crippen LogP contribution in [0.5, 0.6) is 0 Å². The van der Waals surface area contributed by atoms with Crippen molar-refractivity contribution in [2.24, 2.45) is 10.8 Å². The Morgan fingerprint density at radius 1 is 1.37 bits per heavy atom. The number of carbonyl (C=O) groups is 1. The van der Waals surface area contributed by atoms with Crippen molar-refractivity contribution in [2.75, 3.05) is 0 Å². The smallest absolute Gasteiger partial charge is 0.350 e. The molecule has 4 nitrogen and oxygen atoms in total. The molecule has 1 aromatic carbocycles. The summed E-state index contributed by atoms with van der Waals surface area (Å²) >= 11 is 5.39. The third kappa shape index (κ3) is 3.53. The number of benzene rings is 1. The van der Waals surface area contributed by atoms with Crippen LogP contribution >= 0.6 is 11.6 Å². The van der Waals surface area contributed by atoms with Gasteiger partial charge in [0.1, 0.15) is 0 Å². The van der Waals surface area contributed by atoms with Gasteiger partial charge in [-0.2, -0.15) is 18.3 Å². The Morgan fingerprint density at radius 2 is 1.95 bits per heavy atom. The SMILES string of the molecule is NC(=O)NN=Cc1c(Cl)cc(C(F)(F)F)c(F)c1F. The second kappa shape index (κ2) is 5.39. The number of alkyl halides is 3. The van der Waals surface area contributed by atoms with E-state index in [1.165, 1.54) is 0 Å². The standard InChI is InChI=1S/C9H5ClF5N3O/c10-5-1-4(9(13,14)15)7(12)6(11)3(5)2-17-18-8(16)19/h1-2H,(H3,16,18,19). The van der Waals surface area contributed by atoms with Crippen LogP contribution in [-0.4, -0.2) is 12.2 Å². The Labute approximate surface area is 108 Å². The zero-order valence-corrected chi connectivity index (χ0v) is 9.61. The summed E-state index contributed by atoms with van der Waals surface area (Å²) in [6.07, 6.45) is -4.55. The summed E-state index contributed by atoms with van der Waals surface area (Å²) in [4.78, 5) is 10.3. The van der Waals surface area contributed by atoms with E-state index < -0.39 is 40.0 Å². The number of urea groups is 1. The maximum Gasteiger partial charge on any atom is 0.419 e. The average molecular weight is 302 g/mol. The van der Waals surface area contributed by atoms with E-state index in [0.29, 0.717) is 6.21 Å². The highest BCUT2D eigenvalue weighted by atomic mass is 35.5. The first-order valence-corrected chi connectivity index (χ1v) is 4.85. The zero-order valence-electron chi connectivity index (χ0n) is 8.86. The first kappa shape index (κ1) is 15.2. The van der Waals surface area contributed by atoms with E-state index in [1.807, 2.05) is 0 Å². The monoisotopic (exact) mass is 301 g/mol. The molecule has 2 amide bonds. The van der Waals surface area contributed by atoms with Gasteiger partial charge in [-0.15, -0.1) is 0 Å². The van der Waals surface area contributed by atoms with Gasteiger partial charge in [-0.05, 0) is 6.07 Å². The number of hydrogen-bond acceptors (Lipinski definition) is 2. The van der Waals surface area contributed by atoms with Crippen LogP contribution in [0.3, 0.4) is 0 Å². The molecular weight excluding hydrogens is 297 g/mol. The molecule has 0 bridgehead atoms. The van der Waals surface area contributed by atoms with Crippen molar-refractivity contribution in [1.29, 1.82) is 0 Å². The lowest BCUT2D eigenvalue weighted by Crippen LogP contribution is -2.24. The molecule has 104 valence electrons. The van der Waals surface area contributed by atoms with Gasteiger partial charge in [0.05, 0.1) is 22.4 Å². The predicted molar refractivity (Wildman–Crippen MR) is 56.7 cm³/mol. The number of nitrogens with two attached hydrogens (primary N) is 1. The van der Waals surface area contributed by atoms with Gasteiger partial charge < -0.3 is 5.73 Å². The number of hydrogen-bond donors (Lipinski definition) is 2. The Kier molecular flexibility index (Phi) is 4.30. The number of amides is 2. The highest BCUT2D eigenvalue weighted by Crippen LogP contribution is 2.35. The molecule has 0 atom stereocenters. The summed E-state index contributed by atoms with van der Waals surface area (Å²) in [7, 11) is 0. The van der Waals surface area contributed by atoms with E-state index in [-0.39, 0.29) is 6.07 Å². The minimum atomic E-state index is -5.09. The number of nitrogens with one attached hydrogen (secondary N) is 1. The molecule has 0 fully saturated rings. The van der Waals surface area contributed by atoms with Gasteiger partial charge in [-0.1, -0.05) is 11.6 Å². The number of carbonyl (C=O) groups excluding carboxylic acids is 1. The number of nitrogens with zero attached hydrogens (tertiary/aromatic N) is 1. The largest absolute Gasteiger partial charge is 0.419 e. The Hall–Kier alpha value is -1.90. The van der Waals surface area contributed by atoms with Crippen molar-refractivity contribution >= 4 is 23.8 Å². The van der Waals surface area contributed by atoms with E-state index in [2.05, 4.69) is 10.8 Å². The predicted octanol–water partition coefficient (Wildman–Crippen LogP) is 2.64. The fourth-order valence-corrected chi connectivity index (χ4v) is 1.34. The van der Waals surface area contributed by atoms with Crippen molar-refractivity contribution in [3.63, 3.8) is 0 Å². The lowest BCUT2D eigenvalue weighted by atomic mass is 10.1. The molecule has 0 saturated carbocycles. The van der Waals surface area contributed by atoms with E-state index in [9.17, 15) is 26.7 Å². The Balaban J connectivity index is 3.27. The van der Waals surface area contributed by atoms with Crippen LogP contribution in [0.15, 0.2) is 11.2 Å². The van der Waals surface area contributed by atoms with Gasteiger partial charge >= 0.3 is 12.2 Å². The molecule has 0 saturated heterocycles. The van der Waals surface area contributed by atoms with E-state index in [0.717, 1.165) is 0 Å². The van der Waals surface area contributed by atoms with E-state index >= 15 is 0 Å².